The van der Waals surface area contributed by atoms with Crippen LogP contribution in [0.2, 0.25) is 0 Å². The second kappa shape index (κ2) is 2.79. The lowest BCUT2D eigenvalue weighted by Crippen LogP contribution is -1.91. The van der Waals surface area contributed by atoms with Crippen molar-refractivity contribution in [3.05, 3.63) is 34.6 Å². The topological polar surface area (TPSA) is 61.0 Å². The SMILES string of the molecule is O=[N+]([O-])c1ccc2c(c1)ncn2C1CC1. The lowest BCUT2D eigenvalue weighted by Gasteiger charge is -1.99. The van der Waals surface area contributed by atoms with E-state index in [2.05, 4.69) is 9.55 Å². The summed E-state index contributed by atoms with van der Waals surface area (Å²) in [5.41, 5.74) is 1.79. The highest BCUT2D eigenvalue weighted by atomic mass is 16.6. The molecule has 0 atom stereocenters. The summed E-state index contributed by atoms with van der Waals surface area (Å²) < 4.78 is 2.10. The van der Waals surface area contributed by atoms with Crippen LogP contribution >= 0.6 is 0 Å². The minimum atomic E-state index is -0.393. The molecule has 76 valence electrons. The Morgan fingerprint density at radius 1 is 1.47 bits per heavy atom. The third-order valence-electron chi connectivity index (χ3n) is 2.71. The fraction of sp³-hybridized carbons (Fsp3) is 0.300. The Kier molecular flexibility index (Phi) is 1.56. The van der Waals surface area contributed by atoms with E-state index >= 15 is 0 Å². The molecule has 1 aromatic carbocycles. The first-order valence-corrected chi connectivity index (χ1v) is 4.87. The molecule has 0 aliphatic heterocycles. The molecule has 0 amide bonds. The molecule has 0 unspecified atom stereocenters. The molecule has 2 aromatic rings. The molecule has 1 aliphatic rings. The average Bonchev–Trinajstić information content (AvgIpc) is 2.98. The minimum Gasteiger partial charge on any atom is -0.327 e. The highest BCUT2D eigenvalue weighted by molar-refractivity contribution is 5.78. The van der Waals surface area contributed by atoms with Crippen LogP contribution in [0.5, 0.6) is 0 Å². The van der Waals surface area contributed by atoms with Crippen molar-refractivity contribution in [1.82, 2.24) is 9.55 Å². The number of hydrogen-bond donors (Lipinski definition) is 0. The minimum absolute atomic E-state index is 0.101. The lowest BCUT2D eigenvalue weighted by molar-refractivity contribution is -0.384. The number of imidazole rings is 1. The third-order valence-corrected chi connectivity index (χ3v) is 2.71. The van der Waals surface area contributed by atoms with E-state index in [-0.39, 0.29) is 5.69 Å². The summed E-state index contributed by atoms with van der Waals surface area (Å²) in [6, 6.07) is 5.38. The molecule has 0 bridgehead atoms. The Labute approximate surface area is 85.5 Å². The second-order valence-corrected chi connectivity index (χ2v) is 3.81. The van der Waals surface area contributed by atoms with Crippen LogP contribution in [0.1, 0.15) is 18.9 Å². The highest BCUT2D eigenvalue weighted by Gasteiger charge is 2.25. The van der Waals surface area contributed by atoms with Crippen molar-refractivity contribution in [2.24, 2.45) is 0 Å². The monoisotopic (exact) mass is 203 g/mol. The Balaban J connectivity index is 2.17. The van der Waals surface area contributed by atoms with Crippen molar-refractivity contribution in [3.8, 4) is 0 Å². The smallest absolute Gasteiger partial charge is 0.271 e. The molecule has 1 saturated carbocycles. The zero-order valence-corrected chi connectivity index (χ0v) is 7.96. The molecule has 15 heavy (non-hydrogen) atoms. The summed E-state index contributed by atoms with van der Waals surface area (Å²) in [4.78, 5) is 14.4. The molecular weight excluding hydrogens is 194 g/mol. The van der Waals surface area contributed by atoms with Crippen molar-refractivity contribution in [2.75, 3.05) is 0 Å². The highest BCUT2D eigenvalue weighted by Crippen LogP contribution is 2.37. The van der Waals surface area contributed by atoms with Crippen LogP contribution in [0.25, 0.3) is 11.0 Å². The maximum atomic E-state index is 10.6. The van der Waals surface area contributed by atoms with Gasteiger partial charge in [0, 0.05) is 18.2 Å². The zero-order chi connectivity index (χ0) is 10.4. The maximum Gasteiger partial charge on any atom is 0.271 e. The van der Waals surface area contributed by atoms with E-state index in [1.54, 1.807) is 12.4 Å². The van der Waals surface area contributed by atoms with Crippen LogP contribution in [-0.2, 0) is 0 Å². The van der Waals surface area contributed by atoms with E-state index in [1.165, 1.54) is 25.0 Å². The van der Waals surface area contributed by atoms with Gasteiger partial charge in [0.25, 0.3) is 5.69 Å². The molecule has 1 aliphatic carbocycles. The molecular formula is C10H9N3O2. The van der Waals surface area contributed by atoms with Gasteiger partial charge in [0.05, 0.1) is 22.3 Å². The summed E-state index contributed by atoms with van der Waals surface area (Å²) in [5.74, 6) is 0. The van der Waals surface area contributed by atoms with Gasteiger partial charge in [-0.05, 0) is 18.9 Å². The largest absolute Gasteiger partial charge is 0.327 e. The molecule has 0 radical (unpaired) electrons. The van der Waals surface area contributed by atoms with Gasteiger partial charge in [0.2, 0.25) is 0 Å². The molecule has 0 spiro atoms. The summed E-state index contributed by atoms with van der Waals surface area (Å²) in [6.45, 7) is 0. The number of rotatable bonds is 2. The molecule has 1 aromatic heterocycles. The van der Waals surface area contributed by atoms with Crippen LogP contribution in [0.3, 0.4) is 0 Å². The number of hydrogen-bond acceptors (Lipinski definition) is 3. The van der Waals surface area contributed by atoms with Crippen molar-refractivity contribution in [1.29, 1.82) is 0 Å². The first kappa shape index (κ1) is 8.40. The predicted octanol–water partition coefficient (Wildman–Crippen LogP) is 2.28. The average molecular weight is 203 g/mol. The lowest BCUT2D eigenvalue weighted by atomic mass is 10.3. The van der Waals surface area contributed by atoms with Gasteiger partial charge in [-0.15, -0.1) is 0 Å². The summed E-state index contributed by atoms with van der Waals surface area (Å²) in [6.07, 6.45) is 4.14. The van der Waals surface area contributed by atoms with Crippen LogP contribution in [0, 0.1) is 10.1 Å². The quantitative estimate of drug-likeness (QED) is 0.555. The number of nitro groups is 1. The molecule has 1 heterocycles. The van der Waals surface area contributed by atoms with E-state index < -0.39 is 4.92 Å². The zero-order valence-electron chi connectivity index (χ0n) is 7.96. The molecule has 1 fully saturated rings. The van der Waals surface area contributed by atoms with Gasteiger partial charge in [-0.1, -0.05) is 0 Å². The number of aromatic nitrogens is 2. The normalized spacial score (nSPS) is 15.7. The van der Waals surface area contributed by atoms with E-state index in [1.807, 2.05) is 0 Å². The van der Waals surface area contributed by atoms with Gasteiger partial charge in [0.15, 0.2) is 0 Å². The molecule has 0 saturated heterocycles. The molecule has 5 nitrogen and oxygen atoms in total. The van der Waals surface area contributed by atoms with E-state index in [9.17, 15) is 10.1 Å². The van der Waals surface area contributed by atoms with E-state index in [4.69, 9.17) is 0 Å². The number of non-ortho nitro benzene ring substituents is 1. The van der Waals surface area contributed by atoms with Crippen LogP contribution < -0.4 is 0 Å². The fourth-order valence-corrected chi connectivity index (χ4v) is 1.78. The Bertz CT molecular complexity index is 543. The van der Waals surface area contributed by atoms with Gasteiger partial charge in [-0.25, -0.2) is 4.98 Å². The first-order valence-electron chi connectivity index (χ1n) is 4.87. The molecule has 0 N–H and O–H groups in total. The predicted molar refractivity (Wildman–Crippen MR) is 54.7 cm³/mol. The Hall–Kier alpha value is -1.91. The Morgan fingerprint density at radius 3 is 2.93 bits per heavy atom. The number of fused-ring (bicyclic) bond motifs is 1. The standard InChI is InChI=1S/C10H9N3O2/c14-13(15)8-3-4-10-9(5-8)11-6-12(10)7-1-2-7/h3-7H,1-2H2. The van der Waals surface area contributed by atoms with Gasteiger partial charge >= 0.3 is 0 Å². The van der Waals surface area contributed by atoms with Gasteiger partial charge in [0.1, 0.15) is 0 Å². The van der Waals surface area contributed by atoms with Gasteiger partial charge < -0.3 is 4.57 Å². The van der Waals surface area contributed by atoms with Gasteiger partial charge in [-0.3, -0.25) is 10.1 Å². The van der Waals surface area contributed by atoms with Crippen LogP contribution in [0.15, 0.2) is 24.5 Å². The Morgan fingerprint density at radius 2 is 2.27 bits per heavy atom. The summed E-state index contributed by atoms with van der Waals surface area (Å²) in [5, 5.41) is 10.6. The van der Waals surface area contributed by atoms with Crippen molar-refractivity contribution in [3.63, 3.8) is 0 Å². The molecule has 3 rings (SSSR count). The fourth-order valence-electron chi connectivity index (χ4n) is 1.78. The van der Waals surface area contributed by atoms with Crippen LogP contribution in [-0.4, -0.2) is 14.5 Å². The second-order valence-electron chi connectivity index (χ2n) is 3.81. The van der Waals surface area contributed by atoms with Gasteiger partial charge in [-0.2, -0.15) is 0 Å². The summed E-state index contributed by atoms with van der Waals surface area (Å²) in [7, 11) is 0. The van der Waals surface area contributed by atoms with E-state index in [0.717, 1.165) is 5.52 Å². The third kappa shape index (κ3) is 1.27. The molecule has 5 heteroatoms. The summed E-state index contributed by atoms with van der Waals surface area (Å²) >= 11 is 0. The van der Waals surface area contributed by atoms with Crippen molar-refractivity contribution < 1.29 is 4.92 Å². The van der Waals surface area contributed by atoms with E-state index in [0.29, 0.717) is 11.6 Å². The van der Waals surface area contributed by atoms with Crippen molar-refractivity contribution >= 4 is 16.7 Å². The number of nitro benzene ring substituents is 1. The first-order chi connectivity index (χ1) is 7.25. The number of nitrogens with zero attached hydrogens (tertiary/aromatic N) is 3. The van der Waals surface area contributed by atoms with Crippen LogP contribution in [0.4, 0.5) is 5.69 Å². The maximum absolute atomic E-state index is 10.6. The number of benzene rings is 1. The van der Waals surface area contributed by atoms with Crippen molar-refractivity contribution in [2.45, 2.75) is 18.9 Å².